The zero-order valence-corrected chi connectivity index (χ0v) is 11.6. The first-order valence-electron chi connectivity index (χ1n) is 6.17. The lowest BCUT2D eigenvalue weighted by atomic mass is 9.73. The molecule has 1 fully saturated rings. The SMILES string of the molecule is CC1CC(C)(C)C(S)(c2ccccc2)C1C. The first-order chi connectivity index (χ1) is 7.39. The van der Waals surface area contributed by atoms with Gasteiger partial charge in [-0.1, -0.05) is 58.0 Å². The molecule has 0 amide bonds. The molecule has 0 saturated heterocycles. The lowest BCUT2D eigenvalue weighted by Crippen LogP contribution is -2.36. The van der Waals surface area contributed by atoms with Gasteiger partial charge in [-0.15, -0.1) is 0 Å². The minimum atomic E-state index is 0.00762. The van der Waals surface area contributed by atoms with E-state index in [-0.39, 0.29) is 10.2 Å². The highest BCUT2D eigenvalue weighted by Gasteiger charge is 2.54. The van der Waals surface area contributed by atoms with E-state index >= 15 is 0 Å². The predicted molar refractivity (Wildman–Crippen MR) is 73.8 cm³/mol. The molecule has 2 rings (SSSR count). The molecule has 0 nitrogen and oxygen atoms in total. The first kappa shape index (κ1) is 12.0. The summed E-state index contributed by atoms with van der Waals surface area (Å²) in [6.45, 7) is 9.41. The summed E-state index contributed by atoms with van der Waals surface area (Å²) >= 11 is 5.11. The molecular formula is C15H22S. The van der Waals surface area contributed by atoms with Crippen LogP contribution in [0.15, 0.2) is 30.3 Å². The van der Waals surface area contributed by atoms with Gasteiger partial charge in [0.05, 0.1) is 0 Å². The van der Waals surface area contributed by atoms with Crippen LogP contribution in [0.4, 0.5) is 0 Å². The average molecular weight is 234 g/mol. The third kappa shape index (κ3) is 1.52. The molecule has 16 heavy (non-hydrogen) atoms. The lowest BCUT2D eigenvalue weighted by Gasteiger charge is -2.41. The maximum Gasteiger partial charge on any atom is 0.0457 e. The van der Waals surface area contributed by atoms with E-state index in [0.717, 1.165) is 5.92 Å². The molecule has 1 aliphatic rings. The highest BCUT2D eigenvalue weighted by molar-refractivity contribution is 7.81. The van der Waals surface area contributed by atoms with E-state index in [9.17, 15) is 0 Å². The highest BCUT2D eigenvalue weighted by Crippen LogP contribution is 2.61. The second-order valence-corrected chi connectivity index (χ2v) is 6.69. The summed E-state index contributed by atoms with van der Waals surface area (Å²) in [5.74, 6) is 1.36. The van der Waals surface area contributed by atoms with E-state index < -0.39 is 0 Å². The summed E-state index contributed by atoms with van der Waals surface area (Å²) in [6.07, 6.45) is 1.26. The largest absolute Gasteiger partial charge is 0.167 e. The molecule has 88 valence electrons. The fraction of sp³-hybridized carbons (Fsp3) is 0.600. The summed E-state index contributed by atoms with van der Waals surface area (Å²) < 4.78 is 0.00762. The fourth-order valence-electron chi connectivity index (χ4n) is 3.51. The highest BCUT2D eigenvalue weighted by atomic mass is 32.1. The van der Waals surface area contributed by atoms with Gasteiger partial charge in [-0.25, -0.2) is 0 Å². The maximum absolute atomic E-state index is 5.11. The summed E-state index contributed by atoms with van der Waals surface area (Å²) in [7, 11) is 0. The maximum atomic E-state index is 5.11. The molecule has 1 aromatic carbocycles. The van der Waals surface area contributed by atoms with Crippen molar-refractivity contribution < 1.29 is 0 Å². The molecular weight excluding hydrogens is 212 g/mol. The van der Waals surface area contributed by atoms with Gasteiger partial charge in [-0.3, -0.25) is 0 Å². The van der Waals surface area contributed by atoms with E-state index in [1.165, 1.54) is 12.0 Å². The van der Waals surface area contributed by atoms with Gasteiger partial charge in [-0.05, 0) is 29.2 Å². The van der Waals surface area contributed by atoms with Gasteiger partial charge < -0.3 is 0 Å². The van der Waals surface area contributed by atoms with Crippen molar-refractivity contribution in [1.29, 1.82) is 0 Å². The molecule has 3 unspecified atom stereocenters. The van der Waals surface area contributed by atoms with Gasteiger partial charge in [0, 0.05) is 4.75 Å². The number of hydrogen-bond acceptors (Lipinski definition) is 1. The van der Waals surface area contributed by atoms with Crippen molar-refractivity contribution in [3.05, 3.63) is 35.9 Å². The van der Waals surface area contributed by atoms with Crippen LogP contribution in [-0.4, -0.2) is 0 Å². The molecule has 1 heteroatoms. The summed E-state index contributed by atoms with van der Waals surface area (Å²) in [5.41, 5.74) is 1.64. The topological polar surface area (TPSA) is 0 Å². The molecule has 0 spiro atoms. The Kier molecular flexibility index (Phi) is 2.86. The van der Waals surface area contributed by atoms with Crippen molar-refractivity contribution in [2.24, 2.45) is 17.3 Å². The van der Waals surface area contributed by atoms with Gasteiger partial charge in [-0.2, -0.15) is 12.6 Å². The number of hydrogen-bond donors (Lipinski definition) is 1. The smallest absolute Gasteiger partial charge is 0.0457 e. The van der Waals surface area contributed by atoms with Crippen LogP contribution in [-0.2, 0) is 4.75 Å². The molecule has 1 saturated carbocycles. The van der Waals surface area contributed by atoms with Crippen LogP contribution >= 0.6 is 12.6 Å². The van der Waals surface area contributed by atoms with Crippen molar-refractivity contribution in [3.8, 4) is 0 Å². The van der Waals surface area contributed by atoms with E-state index in [0.29, 0.717) is 5.92 Å². The molecule has 0 aliphatic heterocycles. The van der Waals surface area contributed by atoms with Crippen LogP contribution in [0, 0.1) is 17.3 Å². The summed E-state index contributed by atoms with van der Waals surface area (Å²) in [6, 6.07) is 10.8. The number of thiol groups is 1. The summed E-state index contributed by atoms with van der Waals surface area (Å²) in [4.78, 5) is 0. The quantitative estimate of drug-likeness (QED) is 0.679. The van der Waals surface area contributed by atoms with Crippen LogP contribution < -0.4 is 0 Å². The van der Waals surface area contributed by atoms with Crippen molar-refractivity contribution in [3.63, 3.8) is 0 Å². The van der Waals surface area contributed by atoms with Crippen LogP contribution in [0.2, 0.25) is 0 Å². The minimum absolute atomic E-state index is 0.00762. The van der Waals surface area contributed by atoms with E-state index in [1.54, 1.807) is 0 Å². The van der Waals surface area contributed by atoms with Gasteiger partial charge in [0.25, 0.3) is 0 Å². The van der Waals surface area contributed by atoms with Crippen molar-refractivity contribution in [2.45, 2.75) is 38.9 Å². The number of benzene rings is 1. The molecule has 3 atom stereocenters. The Labute approximate surface area is 105 Å². The van der Waals surface area contributed by atoms with Crippen molar-refractivity contribution >= 4 is 12.6 Å². The molecule has 0 N–H and O–H groups in total. The molecule has 0 bridgehead atoms. The van der Waals surface area contributed by atoms with E-state index in [4.69, 9.17) is 12.6 Å². The normalized spacial score (nSPS) is 37.6. The average Bonchev–Trinajstić information content (AvgIpc) is 2.41. The van der Waals surface area contributed by atoms with Gasteiger partial charge in [0.15, 0.2) is 0 Å². The Morgan fingerprint density at radius 3 is 2.12 bits per heavy atom. The molecule has 0 aromatic heterocycles. The number of rotatable bonds is 1. The third-order valence-electron chi connectivity index (χ3n) is 4.59. The minimum Gasteiger partial charge on any atom is -0.167 e. The predicted octanol–water partition coefficient (Wildman–Crippen LogP) is 4.51. The molecule has 0 radical (unpaired) electrons. The Balaban J connectivity index is 2.51. The summed E-state index contributed by atoms with van der Waals surface area (Å²) in [5, 5.41) is 0. The second kappa shape index (κ2) is 3.80. The first-order valence-corrected chi connectivity index (χ1v) is 6.62. The van der Waals surface area contributed by atoms with Crippen LogP contribution in [0.1, 0.15) is 39.7 Å². The Morgan fingerprint density at radius 1 is 1.12 bits per heavy atom. The van der Waals surface area contributed by atoms with E-state index in [2.05, 4.69) is 58.0 Å². The molecule has 0 heterocycles. The Morgan fingerprint density at radius 2 is 1.69 bits per heavy atom. The molecule has 1 aromatic rings. The van der Waals surface area contributed by atoms with Crippen LogP contribution in [0.3, 0.4) is 0 Å². The fourth-order valence-corrected chi connectivity index (χ4v) is 4.01. The van der Waals surface area contributed by atoms with Crippen molar-refractivity contribution in [1.82, 2.24) is 0 Å². The Bertz CT molecular complexity index is 368. The van der Waals surface area contributed by atoms with Crippen LogP contribution in [0.5, 0.6) is 0 Å². The van der Waals surface area contributed by atoms with Crippen molar-refractivity contribution in [2.75, 3.05) is 0 Å². The zero-order chi connectivity index (χ0) is 12.0. The van der Waals surface area contributed by atoms with Gasteiger partial charge in [0.2, 0.25) is 0 Å². The van der Waals surface area contributed by atoms with Gasteiger partial charge >= 0.3 is 0 Å². The lowest BCUT2D eigenvalue weighted by molar-refractivity contribution is 0.272. The monoisotopic (exact) mass is 234 g/mol. The standard InChI is InChI=1S/C15H22S/c1-11-10-14(3,4)15(16,12(11)2)13-8-6-5-7-9-13/h5-9,11-12,16H,10H2,1-4H3. The molecule has 1 aliphatic carbocycles. The van der Waals surface area contributed by atoms with Gasteiger partial charge in [0.1, 0.15) is 0 Å². The third-order valence-corrected chi connectivity index (χ3v) is 5.86. The zero-order valence-electron chi connectivity index (χ0n) is 10.7. The van der Waals surface area contributed by atoms with E-state index in [1.807, 2.05) is 0 Å². The van der Waals surface area contributed by atoms with Crippen LogP contribution in [0.25, 0.3) is 0 Å². The second-order valence-electron chi connectivity index (χ2n) is 5.99. The Hall–Kier alpha value is -0.430.